The van der Waals surface area contributed by atoms with Gasteiger partial charge in [0.1, 0.15) is 0 Å². The van der Waals surface area contributed by atoms with Crippen LogP contribution in [0, 0.1) is 0 Å². The van der Waals surface area contributed by atoms with Crippen molar-refractivity contribution in [3.8, 4) is 0 Å². The number of likely N-dealkylation sites (N-methyl/N-ethyl adjacent to an activating group) is 1. The second-order valence-corrected chi connectivity index (χ2v) is 7.73. The molecule has 2 N–H and O–H groups in total. The zero-order valence-electron chi connectivity index (χ0n) is 16.5. The third kappa shape index (κ3) is 5.01. The van der Waals surface area contributed by atoms with E-state index in [1.165, 1.54) is 24.9 Å². The highest BCUT2D eigenvalue weighted by molar-refractivity contribution is 5.94. The molecule has 0 bridgehead atoms. The van der Waals surface area contributed by atoms with Gasteiger partial charge >= 0.3 is 0 Å². The van der Waals surface area contributed by atoms with Crippen LogP contribution in [0.3, 0.4) is 0 Å². The van der Waals surface area contributed by atoms with Gasteiger partial charge < -0.3 is 15.5 Å². The molecule has 3 rings (SSSR count). The summed E-state index contributed by atoms with van der Waals surface area (Å²) in [6.07, 6.45) is 6.34. The lowest BCUT2D eigenvalue weighted by molar-refractivity contribution is -0.121. The van der Waals surface area contributed by atoms with Crippen LogP contribution in [0.2, 0.25) is 0 Å². The molecule has 0 radical (unpaired) electrons. The molecule has 0 spiro atoms. The van der Waals surface area contributed by atoms with Crippen molar-refractivity contribution in [2.75, 3.05) is 38.6 Å². The summed E-state index contributed by atoms with van der Waals surface area (Å²) in [6.45, 7) is 2.83. The minimum Gasteiger partial charge on any atom is -0.372 e. The Bertz CT molecular complexity index is 640. The van der Waals surface area contributed by atoms with Crippen molar-refractivity contribution >= 4 is 17.5 Å². The SMILES string of the molecule is CNC(=O)C[C@H]1CC[C@@H](CNC(=O)c2ccc(N3CCCCC3)cc2)N1C. The highest BCUT2D eigenvalue weighted by Gasteiger charge is 2.31. The lowest BCUT2D eigenvalue weighted by atomic mass is 10.1. The van der Waals surface area contributed by atoms with Crippen LogP contribution in [0.1, 0.15) is 48.9 Å². The third-order valence-electron chi connectivity index (χ3n) is 6.03. The Hall–Kier alpha value is -2.08. The first-order valence-electron chi connectivity index (χ1n) is 10.1. The zero-order valence-corrected chi connectivity index (χ0v) is 16.5. The van der Waals surface area contributed by atoms with Gasteiger partial charge in [0.2, 0.25) is 5.91 Å². The molecule has 2 amide bonds. The smallest absolute Gasteiger partial charge is 0.251 e. The van der Waals surface area contributed by atoms with Gasteiger partial charge in [-0.3, -0.25) is 14.5 Å². The summed E-state index contributed by atoms with van der Waals surface area (Å²) in [4.78, 5) is 28.7. The average Bonchev–Trinajstić information content (AvgIpc) is 3.06. The molecule has 2 aliphatic rings. The standard InChI is InChI=1S/C21H32N4O2/c1-22-20(26)14-18-10-11-19(24(18)2)15-23-21(27)16-6-8-17(9-7-16)25-12-4-3-5-13-25/h6-9,18-19H,3-5,10-15H2,1-2H3,(H,22,26)(H,23,27)/t18-,19+/m1/s1. The maximum atomic E-state index is 12.5. The van der Waals surface area contributed by atoms with Crippen molar-refractivity contribution in [2.24, 2.45) is 0 Å². The van der Waals surface area contributed by atoms with E-state index in [4.69, 9.17) is 0 Å². The molecule has 2 heterocycles. The molecule has 0 aliphatic carbocycles. The summed E-state index contributed by atoms with van der Waals surface area (Å²) in [7, 11) is 3.72. The number of carbonyl (C=O) groups excluding carboxylic acids is 2. The van der Waals surface area contributed by atoms with Gasteiger partial charge in [-0.2, -0.15) is 0 Å². The Labute approximate surface area is 162 Å². The molecule has 27 heavy (non-hydrogen) atoms. The molecule has 2 atom stereocenters. The Morgan fingerprint density at radius 2 is 1.70 bits per heavy atom. The maximum Gasteiger partial charge on any atom is 0.251 e. The van der Waals surface area contributed by atoms with Crippen LogP contribution in [0.4, 0.5) is 5.69 Å². The van der Waals surface area contributed by atoms with Crippen LogP contribution in [0.5, 0.6) is 0 Å². The molecule has 0 aromatic heterocycles. The highest BCUT2D eigenvalue weighted by Crippen LogP contribution is 2.24. The van der Waals surface area contributed by atoms with Gasteiger partial charge in [-0.15, -0.1) is 0 Å². The molecule has 0 saturated carbocycles. The van der Waals surface area contributed by atoms with Crippen LogP contribution >= 0.6 is 0 Å². The second kappa shape index (κ2) is 9.22. The zero-order chi connectivity index (χ0) is 19.2. The highest BCUT2D eigenvalue weighted by atomic mass is 16.2. The number of nitrogens with one attached hydrogen (secondary N) is 2. The normalized spacial score (nSPS) is 23.3. The van der Waals surface area contributed by atoms with Crippen LogP contribution in [-0.4, -0.2) is 62.5 Å². The molecule has 1 aromatic carbocycles. The van der Waals surface area contributed by atoms with E-state index in [0.717, 1.165) is 25.9 Å². The van der Waals surface area contributed by atoms with Gasteiger partial charge in [-0.05, 0) is 63.4 Å². The fourth-order valence-electron chi connectivity index (χ4n) is 4.19. The Balaban J connectivity index is 1.48. The summed E-state index contributed by atoms with van der Waals surface area (Å²) in [5.41, 5.74) is 1.91. The van der Waals surface area contributed by atoms with Crippen LogP contribution in [0.15, 0.2) is 24.3 Å². The topological polar surface area (TPSA) is 64.7 Å². The summed E-state index contributed by atoms with van der Waals surface area (Å²) >= 11 is 0. The Morgan fingerprint density at radius 3 is 2.37 bits per heavy atom. The lowest BCUT2D eigenvalue weighted by Crippen LogP contribution is -2.42. The van der Waals surface area contributed by atoms with Crippen molar-refractivity contribution in [1.82, 2.24) is 15.5 Å². The summed E-state index contributed by atoms with van der Waals surface area (Å²) in [6, 6.07) is 8.51. The first-order chi connectivity index (χ1) is 13.1. The molecule has 148 valence electrons. The van der Waals surface area contributed by atoms with Gasteiger partial charge in [0, 0.05) is 56.4 Å². The summed E-state index contributed by atoms with van der Waals surface area (Å²) in [5, 5.41) is 5.75. The van der Waals surface area contributed by atoms with Crippen LogP contribution in [0.25, 0.3) is 0 Å². The predicted molar refractivity (Wildman–Crippen MR) is 108 cm³/mol. The molecular formula is C21H32N4O2. The molecule has 0 unspecified atom stereocenters. The minimum atomic E-state index is -0.0247. The quantitative estimate of drug-likeness (QED) is 0.802. The van der Waals surface area contributed by atoms with Crippen molar-refractivity contribution in [1.29, 1.82) is 0 Å². The van der Waals surface area contributed by atoms with Crippen molar-refractivity contribution in [2.45, 2.75) is 50.6 Å². The third-order valence-corrected chi connectivity index (χ3v) is 6.03. The maximum absolute atomic E-state index is 12.5. The number of anilines is 1. The first-order valence-corrected chi connectivity index (χ1v) is 10.1. The predicted octanol–water partition coefficient (Wildman–Crippen LogP) is 2.01. The molecule has 2 aliphatic heterocycles. The van der Waals surface area contributed by atoms with Crippen molar-refractivity contribution < 1.29 is 9.59 Å². The molecule has 2 saturated heterocycles. The summed E-state index contributed by atoms with van der Waals surface area (Å²) in [5.74, 6) is 0.0497. The van der Waals surface area contributed by atoms with E-state index >= 15 is 0 Å². The fraction of sp³-hybridized carbons (Fsp3) is 0.619. The molecule has 2 fully saturated rings. The Kier molecular flexibility index (Phi) is 6.72. The first kappa shape index (κ1) is 19.7. The number of likely N-dealkylation sites (tertiary alicyclic amines) is 1. The van der Waals surface area contributed by atoms with E-state index in [1.807, 2.05) is 19.2 Å². The van der Waals surface area contributed by atoms with E-state index < -0.39 is 0 Å². The molecule has 1 aromatic rings. The number of piperidine rings is 1. The summed E-state index contributed by atoms with van der Waals surface area (Å²) < 4.78 is 0. The van der Waals surface area contributed by atoms with Crippen molar-refractivity contribution in [3.05, 3.63) is 29.8 Å². The van der Waals surface area contributed by atoms with E-state index in [0.29, 0.717) is 18.5 Å². The molecular weight excluding hydrogens is 340 g/mol. The van der Waals surface area contributed by atoms with Gasteiger partial charge in [-0.1, -0.05) is 0 Å². The van der Waals surface area contributed by atoms with E-state index in [-0.39, 0.29) is 23.9 Å². The van der Waals surface area contributed by atoms with Crippen LogP contribution in [-0.2, 0) is 4.79 Å². The molecule has 6 nitrogen and oxygen atoms in total. The monoisotopic (exact) mass is 372 g/mol. The fourth-order valence-corrected chi connectivity index (χ4v) is 4.19. The van der Waals surface area contributed by atoms with E-state index in [1.54, 1.807) is 7.05 Å². The minimum absolute atomic E-state index is 0.0247. The number of benzene rings is 1. The average molecular weight is 373 g/mol. The molecule has 6 heteroatoms. The second-order valence-electron chi connectivity index (χ2n) is 7.73. The van der Waals surface area contributed by atoms with Gasteiger partial charge in [0.15, 0.2) is 0 Å². The number of amides is 2. The van der Waals surface area contributed by atoms with Gasteiger partial charge in [0.25, 0.3) is 5.91 Å². The van der Waals surface area contributed by atoms with Gasteiger partial charge in [0.05, 0.1) is 0 Å². The number of hydrogen-bond donors (Lipinski definition) is 2. The number of rotatable bonds is 6. The van der Waals surface area contributed by atoms with Crippen molar-refractivity contribution in [3.63, 3.8) is 0 Å². The lowest BCUT2D eigenvalue weighted by Gasteiger charge is -2.28. The van der Waals surface area contributed by atoms with E-state index in [9.17, 15) is 9.59 Å². The number of carbonyl (C=O) groups is 2. The largest absolute Gasteiger partial charge is 0.372 e. The Morgan fingerprint density at radius 1 is 1.04 bits per heavy atom. The van der Waals surface area contributed by atoms with Crippen LogP contribution < -0.4 is 15.5 Å². The number of nitrogens with zero attached hydrogens (tertiary/aromatic N) is 2. The number of hydrogen-bond acceptors (Lipinski definition) is 4. The van der Waals surface area contributed by atoms with Gasteiger partial charge in [-0.25, -0.2) is 0 Å². The van der Waals surface area contributed by atoms with E-state index in [2.05, 4.69) is 32.6 Å².